The molecule has 0 saturated carbocycles. The number of anilines is 1. The van der Waals surface area contributed by atoms with E-state index in [4.69, 9.17) is 5.73 Å². The molecule has 3 rings (SSSR count). The van der Waals surface area contributed by atoms with E-state index in [9.17, 15) is 4.39 Å². The molecule has 4 nitrogen and oxygen atoms in total. The van der Waals surface area contributed by atoms with E-state index in [-0.39, 0.29) is 5.82 Å². The van der Waals surface area contributed by atoms with Crippen LogP contribution in [-0.2, 0) is 13.0 Å². The van der Waals surface area contributed by atoms with E-state index >= 15 is 0 Å². The van der Waals surface area contributed by atoms with Crippen LogP contribution in [-0.4, -0.2) is 16.3 Å². The lowest BCUT2D eigenvalue weighted by molar-refractivity contribution is 0.625. The molecule has 1 aromatic heterocycles. The number of nitrogens with one attached hydrogen (secondary N) is 1. The predicted octanol–water partition coefficient (Wildman–Crippen LogP) is 1.24. The van der Waals surface area contributed by atoms with Crippen LogP contribution in [0.5, 0.6) is 0 Å². The van der Waals surface area contributed by atoms with Gasteiger partial charge in [0.05, 0.1) is 11.4 Å². The van der Waals surface area contributed by atoms with Gasteiger partial charge in [0, 0.05) is 12.1 Å². The van der Waals surface area contributed by atoms with Crippen LogP contribution in [0.25, 0.3) is 5.69 Å². The molecule has 0 fully saturated rings. The molecule has 17 heavy (non-hydrogen) atoms. The van der Waals surface area contributed by atoms with Gasteiger partial charge < -0.3 is 11.1 Å². The fourth-order valence-corrected chi connectivity index (χ4v) is 2.12. The third-order valence-corrected chi connectivity index (χ3v) is 3.02. The lowest BCUT2D eigenvalue weighted by Crippen LogP contribution is -2.23. The Hall–Kier alpha value is -1.88. The van der Waals surface area contributed by atoms with Gasteiger partial charge >= 0.3 is 0 Å². The highest BCUT2D eigenvalue weighted by molar-refractivity contribution is 5.50. The molecule has 5 heteroatoms. The van der Waals surface area contributed by atoms with Crippen LogP contribution in [0.1, 0.15) is 11.3 Å². The summed E-state index contributed by atoms with van der Waals surface area (Å²) < 4.78 is 14.5. The van der Waals surface area contributed by atoms with Gasteiger partial charge in [0.2, 0.25) is 0 Å². The van der Waals surface area contributed by atoms with Crippen molar-refractivity contribution in [3.63, 3.8) is 0 Å². The number of hydrogen-bond donors (Lipinski definition) is 2. The monoisotopic (exact) mass is 232 g/mol. The summed E-state index contributed by atoms with van der Waals surface area (Å²) in [7, 11) is 0. The van der Waals surface area contributed by atoms with Gasteiger partial charge in [-0.05, 0) is 37.2 Å². The zero-order valence-corrected chi connectivity index (χ0v) is 9.28. The van der Waals surface area contributed by atoms with E-state index in [1.807, 2.05) is 0 Å². The van der Waals surface area contributed by atoms with Gasteiger partial charge in [-0.25, -0.2) is 9.07 Å². The quantitative estimate of drug-likeness (QED) is 0.777. The summed E-state index contributed by atoms with van der Waals surface area (Å²) in [6.45, 7) is 1.67. The molecule has 0 spiro atoms. The Balaban J connectivity index is 2.09. The molecule has 0 atom stereocenters. The minimum absolute atomic E-state index is 0.258. The van der Waals surface area contributed by atoms with Crippen molar-refractivity contribution in [2.75, 3.05) is 12.3 Å². The summed E-state index contributed by atoms with van der Waals surface area (Å²) in [6, 6.07) is 6.18. The van der Waals surface area contributed by atoms with E-state index in [1.165, 1.54) is 12.1 Å². The largest absolute Gasteiger partial charge is 0.383 e. The van der Waals surface area contributed by atoms with E-state index in [0.29, 0.717) is 5.82 Å². The lowest BCUT2D eigenvalue weighted by atomic mass is 10.1. The zero-order chi connectivity index (χ0) is 11.8. The smallest absolute Gasteiger partial charge is 0.130 e. The number of fused-ring (bicyclic) bond motifs is 1. The van der Waals surface area contributed by atoms with Crippen molar-refractivity contribution in [2.24, 2.45) is 0 Å². The van der Waals surface area contributed by atoms with Crippen molar-refractivity contribution < 1.29 is 4.39 Å². The standard InChI is InChI=1S/C12H13FN4/c13-8-1-3-9(4-2-8)17-12(14)10-5-6-15-7-11(10)16-17/h1-4,15H,5-7,14H2. The zero-order valence-electron chi connectivity index (χ0n) is 9.28. The number of rotatable bonds is 1. The Kier molecular flexibility index (Phi) is 2.33. The van der Waals surface area contributed by atoms with E-state index in [0.717, 1.165) is 36.5 Å². The summed E-state index contributed by atoms with van der Waals surface area (Å²) in [5.74, 6) is 0.402. The second-order valence-corrected chi connectivity index (χ2v) is 4.13. The maximum atomic E-state index is 12.9. The molecular weight excluding hydrogens is 219 g/mol. The van der Waals surface area contributed by atoms with Crippen LogP contribution >= 0.6 is 0 Å². The van der Waals surface area contributed by atoms with E-state index < -0.39 is 0 Å². The molecule has 0 amide bonds. The van der Waals surface area contributed by atoms with Crippen LogP contribution < -0.4 is 11.1 Å². The number of aromatic nitrogens is 2. The fraction of sp³-hybridized carbons (Fsp3) is 0.250. The van der Waals surface area contributed by atoms with Crippen LogP contribution in [0.15, 0.2) is 24.3 Å². The summed E-state index contributed by atoms with van der Waals surface area (Å²) in [5, 5.41) is 7.71. The van der Waals surface area contributed by atoms with Crippen LogP contribution in [0.4, 0.5) is 10.2 Å². The van der Waals surface area contributed by atoms with E-state index in [2.05, 4.69) is 10.4 Å². The van der Waals surface area contributed by atoms with E-state index in [1.54, 1.807) is 16.8 Å². The molecule has 0 bridgehead atoms. The highest BCUT2D eigenvalue weighted by Gasteiger charge is 2.18. The highest BCUT2D eigenvalue weighted by atomic mass is 19.1. The number of benzene rings is 1. The molecule has 0 radical (unpaired) electrons. The Morgan fingerprint density at radius 3 is 2.76 bits per heavy atom. The first-order valence-corrected chi connectivity index (χ1v) is 5.58. The summed E-state index contributed by atoms with van der Waals surface area (Å²) >= 11 is 0. The number of nitrogens with zero attached hydrogens (tertiary/aromatic N) is 2. The lowest BCUT2D eigenvalue weighted by Gasteiger charge is -2.10. The fourth-order valence-electron chi connectivity index (χ4n) is 2.12. The number of hydrogen-bond acceptors (Lipinski definition) is 3. The average molecular weight is 232 g/mol. The Morgan fingerprint density at radius 1 is 1.29 bits per heavy atom. The van der Waals surface area contributed by atoms with Gasteiger partial charge in [-0.15, -0.1) is 0 Å². The molecule has 1 aromatic carbocycles. The Labute approximate surface area is 98.2 Å². The molecular formula is C12H13FN4. The van der Waals surface area contributed by atoms with Crippen LogP contribution in [0.2, 0.25) is 0 Å². The first-order valence-electron chi connectivity index (χ1n) is 5.58. The normalized spacial score (nSPS) is 14.6. The SMILES string of the molecule is Nc1c2c(nn1-c1ccc(F)cc1)CNCC2. The molecule has 88 valence electrons. The third-order valence-electron chi connectivity index (χ3n) is 3.02. The summed E-state index contributed by atoms with van der Waals surface area (Å²) in [5.41, 5.74) is 8.95. The van der Waals surface area contributed by atoms with Gasteiger partial charge in [-0.2, -0.15) is 5.10 Å². The second kappa shape index (κ2) is 3.85. The minimum Gasteiger partial charge on any atom is -0.383 e. The van der Waals surface area contributed by atoms with Crippen molar-refractivity contribution >= 4 is 5.82 Å². The number of nitrogen functional groups attached to an aromatic ring is 1. The number of halogens is 1. The average Bonchev–Trinajstić information content (AvgIpc) is 2.69. The maximum Gasteiger partial charge on any atom is 0.130 e. The van der Waals surface area contributed by atoms with Crippen LogP contribution in [0.3, 0.4) is 0 Å². The van der Waals surface area contributed by atoms with Crippen molar-refractivity contribution in [1.82, 2.24) is 15.1 Å². The van der Waals surface area contributed by atoms with Gasteiger partial charge in [-0.1, -0.05) is 0 Å². The van der Waals surface area contributed by atoms with Crippen molar-refractivity contribution in [2.45, 2.75) is 13.0 Å². The van der Waals surface area contributed by atoms with Gasteiger partial charge in [0.15, 0.2) is 0 Å². The van der Waals surface area contributed by atoms with Crippen molar-refractivity contribution in [1.29, 1.82) is 0 Å². The molecule has 2 aromatic rings. The molecule has 2 heterocycles. The summed E-state index contributed by atoms with van der Waals surface area (Å²) in [4.78, 5) is 0. The third kappa shape index (κ3) is 1.68. The topological polar surface area (TPSA) is 55.9 Å². The molecule has 1 aliphatic heterocycles. The Morgan fingerprint density at radius 2 is 2.06 bits per heavy atom. The van der Waals surface area contributed by atoms with Gasteiger partial charge in [0.25, 0.3) is 0 Å². The molecule has 1 aliphatic rings. The maximum absolute atomic E-state index is 12.9. The van der Waals surface area contributed by atoms with Gasteiger partial charge in [0.1, 0.15) is 11.6 Å². The predicted molar refractivity (Wildman–Crippen MR) is 63.3 cm³/mol. The van der Waals surface area contributed by atoms with Crippen LogP contribution in [0, 0.1) is 5.82 Å². The molecule has 0 saturated heterocycles. The first-order chi connectivity index (χ1) is 8.25. The summed E-state index contributed by atoms with van der Waals surface area (Å²) in [6.07, 6.45) is 0.891. The van der Waals surface area contributed by atoms with Crippen molar-refractivity contribution in [3.05, 3.63) is 41.3 Å². The Bertz CT molecular complexity index is 544. The minimum atomic E-state index is -0.258. The molecule has 3 N–H and O–H groups in total. The second-order valence-electron chi connectivity index (χ2n) is 4.13. The van der Waals surface area contributed by atoms with Crippen molar-refractivity contribution in [3.8, 4) is 5.69 Å². The molecule has 0 unspecified atom stereocenters. The highest BCUT2D eigenvalue weighted by Crippen LogP contribution is 2.23. The van der Waals surface area contributed by atoms with Gasteiger partial charge in [-0.3, -0.25) is 0 Å². The first kappa shape index (κ1) is 10.3. The number of nitrogens with two attached hydrogens (primary N) is 1. The molecule has 0 aliphatic carbocycles.